The van der Waals surface area contributed by atoms with Crippen molar-refractivity contribution in [3.05, 3.63) is 0 Å². The van der Waals surface area contributed by atoms with Crippen molar-refractivity contribution in [3.63, 3.8) is 0 Å². The molecular formula is C15H28O5. The highest BCUT2D eigenvalue weighted by Crippen LogP contribution is 2.32. The topological polar surface area (TPSA) is 61.8 Å². The third kappa shape index (κ3) is 5.49. The van der Waals surface area contributed by atoms with Crippen LogP contribution < -0.4 is 0 Å². The summed E-state index contributed by atoms with van der Waals surface area (Å²) in [6.45, 7) is 12.9. The fraction of sp³-hybridized carbons (Fsp3) is 0.867. The molecule has 0 aromatic rings. The molecule has 5 heteroatoms. The van der Waals surface area contributed by atoms with E-state index in [-0.39, 0.29) is 48.7 Å². The van der Waals surface area contributed by atoms with Crippen molar-refractivity contribution in [1.29, 1.82) is 0 Å². The minimum Gasteiger partial charge on any atom is -0.463 e. The van der Waals surface area contributed by atoms with Crippen LogP contribution in [0.15, 0.2) is 0 Å². The molecule has 2 unspecified atom stereocenters. The molecule has 1 aliphatic rings. The highest BCUT2D eigenvalue weighted by atomic mass is 16.6. The van der Waals surface area contributed by atoms with E-state index >= 15 is 0 Å². The minimum absolute atomic E-state index is 0.147. The van der Waals surface area contributed by atoms with E-state index in [4.69, 9.17) is 14.2 Å². The molecule has 1 fully saturated rings. The predicted molar refractivity (Wildman–Crippen MR) is 76.2 cm³/mol. The van der Waals surface area contributed by atoms with Gasteiger partial charge in [0.25, 0.3) is 0 Å². The van der Waals surface area contributed by atoms with E-state index in [0.717, 1.165) is 0 Å². The molecule has 5 atom stereocenters. The van der Waals surface area contributed by atoms with Crippen LogP contribution in [-0.2, 0) is 23.8 Å². The molecule has 1 rings (SSSR count). The standard InChI is InChI=1S/C13H22O5.C2H6/c1-7-8(2)13(18-11(5)15)9(3)17-12(7)6-16-10(4)14;1-2/h7-9,12-13H,6H2,1-5H3;1-2H3/t7-,8-,9-,12?,13?;/m0./s1. The Hall–Kier alpha value is -1.10. The number of ether oxygens (including phenoxy) is 3. The molecule has 0 aromatic heterocycles. The lowest BCUT2D eigenvalue weighted by Gasteiger charge is -2.42. The highest BCUT2D eigenvalue weighted by molar-refractivity contribution is 5.66. The highest BCUT2D eigenvalue weighted by Gasteiger charge is 2.41. The minimum atomic E-state index is -0.312. The fourth-order valence-corrected chi connectivity index (χ4v) is 2.33. The lowest BCUT2D eigenvalue weighted by molar-refractivity contribution is -0.199. The van der Waals surface area contributed by atoms with Gasteiger partial charge in [0.1, 0.15) is 12.7 Å². The summed E-state index contributed by atoms with van der Waals surface area (Å²) in [5, 5.41) is 0. The second-order valence-electron chi connectivity index (χ2n) is 4.97. The smallest absolute Gasteiger partial charge is 0.303 e. The summed E-state index contributed by atoms with van der Waals surface area (Å²) in [5.74, 6) is -0.288. The van der Waals surface area contributed by atoms with Crippen LogP contribution in [0.25, 0.3) is 0 Å². The van der Waals surface area contributed by atoms with Crippen molar-refractivity contribution in [2.24, 2.45) is 11.8 Å². The van der Waals surface area contributed by atoms with Gasteiger partial charge in [0.05, 0.1) is 12.2 Å². The molecule has 20 heavy (non-hydrogen) atoms. The molecule has 0 N–H and O–H groups in total. The maximum absolute atomic E-state index is 11.1. The van der Waals surface area contributed by atoms with E-state index in [1.165, 1.54) is 13.8 Å². The van der Waals surface area contributed by atoms with Gasteiger partial charge in [-0.1, -0.05) is 27.7 Å². The second-order valence-corrected chi connectivity index (χ2v) is 4.97. The van der Waals surface area contributed by atoms with E-state index in [1.54, 1.807) is 0 Å². The van der Waals surface area contributed by atoms with Gasteiger partial charge in [-0.05, 0) is 12.8 Å². The van der Waals surface area contributed by atoms with Crippen molar-refractivity contribution >= 4 is 11.9 Å². The average Bonchev–Trinajstić information content (AvgIpc) is 2.39. The lowest BCUT2D eigenvalue weighted by Crippen LogP contribution is -2.51. The van der Waals surface area contributed by atoms with Crippen LogP contribution in [0.3, 0.4) is 0 Å². The third-order valence-electron chi connectivity index (χ3n) is 3.54. The molecule has 0 saturated carbocycles. The van der Waals surface area contributed by atoms with E-state index in [2.05, 4.69) is 0 Å². The number of carbonyl (C=O) groups excluding carboxylic acids is 2. The van der Waals surface area contributed by atoms with E-state index < -0.39 is 0 Å². The first-order chi connectivity index (χ1) is 9.32. The molecule has 1 saturated heterocycles. The van der Waals surface area contributed by atoms with Crippen molar-refractivity contribution in [2.45, 2.75) is 66.8 Å². The molecule has 1 heterocycles. The summed E-state index contributed by atoms with van der Waals surface area (Å²) in [5.41, 5.74) is 0. The molecule has 5 nitrogen and oxygen atoms in total. The number of hydrogen-bond donors (Lipinski definition) is 0. The van der Waals surface area contributed by atoms with Gasteiger partial charge in [-0.15, -0.1) is 0 Å². The van der Waals surface area contributed by atoms with Crippen LogP contribution in [-0.4, -0.2) is 36.9 Å². The van der Waals surface area contributed by atoms with Crippen LogP contribution in [0.1, 0.15) is 48.5 Å². The maximum atomic E-state index is 11.1. The molecule has 0 amide bonds. The predicted octanol–water partition coefficient (Wildman–Crippen LogP) is 2.57. The van der Waals surface area contributed by atoms with Crippen molar-refractivity contribution in [3.8, 4) is 0 Å². The number of rotatable bonds is 3. The summed E-state index contributed by atoms with van der Waals surface area (Å²) < 4.78 is 16.1. The summed E-state index contributed by atoms with van der Waals surface area (Å²) in [6.07, 6.45) is -0.586. The van der Waals surface area contributed by atoms with Gasteiger partial charge in [-0.3, -0.25) is 9.59 Å². The Balaban J connectivity index is 0.00000172. The molecular weight excluding hydrogens is 260 g/mol. The average molecular weight is 288 g/mol. The monoisotopic (exact) mass is 288 g/mol. The van der Waals surface area contributed by atoms with Crippen molar-refractivity contribution in [2.75, 3.05) is 6.61 Å². The van der Waals surface area contributed by atoms with Gasteiger partial charge in [-0.2, -0.15) is 0 Å². The number of carbonyl (C=O) groups is 2. The molecule has 0 aliphatic carbocycles. The second kappa shape index (κ2) is 8.95. The van der Waals surface area contributed by atoms with Gasteiger partial charge in [-0.25, -0.2) is 0 Å². The van der Waals surface area contributed by atoms with Gasteiger partial charge in [0.15, 0.2) is 0 Å². The Morgan fingerprint density at radius 2 is 1.55 bits per heavy atom. The van der Waals surface area contributed by atoms with Gasteiger partial charge >= 0.3 is 11.9 Å². The molecule has 0 bridgehead atoms. The molecule has 0 radical (unpaired) electrons. The molecule has 118 valence electrons. The molecule has 1 aliphatic heterocycles. The Labute approximate surface area is 122 Å². The Bertz CT molecular complexity index is 313. The maximum Gasteiger partial charge on any atom is 0.303 e. The summed E-state index contributed by atoms with van der Waals surface area (Å²) in [6, 6.07) is 0. The van der Waals surface area contributed by atoms with E-state index in [1.807, 2.05) is 34.6 Å². The number of esters is 2. The summed E-state index contributed by atoms with van der Waals surface area (Å²) in [7, 11) is 0. The first-order valence-electron chi connectivity index (χ1n) is 7.29. The van der Waals surface area contributed by atoms with Gasteiger partial charge in [0, 0.05) is 19.8 Å². The normalized spacial score (nSPS) is 32.6. The molecule has 0 aromatic carbocycles. The van der Waals surface area contributed by atoms with Gasteiger partial charge < -0.3 is 14.2 Å². The van der Waals surface area contributed by atoms with Crippen LogP contribution in [0.2, 0.25) is 0 Å². The quantitative estimate of drug-likeness (QED) is 0.747. The van der Waals surface area contributed by atoms with Crippen LogP contribution in [0.4, 0.5) is 0 Å². The van der Waals surface area contributed by atoms with Crippen LogP contribution in [0, 0.1) is 11.8 Å². The van der Waals surface area contributed by atoms with Crippen molar-refractivity contribution < 1.29 is 23.8 Å². The SMILES string of the molecule is CC.CC(=O)OCC1O[C@@H](C)C(OC(C)=O)[C@@H](C)[C@@H]1C. The number of hydrogen-bond acceptors (Lipinski definition) is 5. The third-order valence-corrected chi connectivity index (χ3v) is 3.54. The fourth-order valence-electron chi connectivity index (χ4n) is 2.33. The van der Waals surface area contributed by atoms with E-state index in [0.29, 0.717) is 0 Å². The molecule has 0 spiro atoms. The summed E-state index contributed by atoms with van der Waals surface area (Å²) >= 11 is 0. The summed E-state index contributed by atoms with van der Waals surface area (Å²) in [4.78, 5) is 21.9. The Kier molecular flexibility index (Phi) is 8.46. The zero-order valence-electron chi connectivity index (χ0n) is 13.6. The van der Waals surface area contributed by atoms with Crippen LogP contribution >= 0.6 is 0 Å². The van der Waals surface area contributed by atoms with Crippen LogP contribution in [0.5, 0.6) is 0 Å². The zero-order chi connectivity index (χ0) is 15.9. The first-order valence-corrected chi connectivity index (χ1v) is 7.29. The Morgan fingerprint density at radius 1 is 1.00 bits per heavy atom. The van der Waals surface area contributed by atoms with Gasteiger partial charge in [0.2, 0.25) is 0 Å². The zero-order valence-corrected chi connectivity index (χ0v) is 13.6. The lowest BCUT2D eigenvalue weighted by atomic mass is 9.82. The first kappa shape index (κ1) is 18.9. The largest absolute Gasteiger partial charge is 0.463 e. The van der Waals surface area contributed by atoms with Crippen molar-refractivity contribution in [1.82, 2.24) is 0 Å². The van der Waals surface area contributed by atoms with E-state index in [9.17, 15) is 9.59 Å². The Morgan fingerprint density at radius 3 is 2.00 bits per heavy atom.